The molecule has 0 spiro atoms. The number of rotatable bonds is 7. The lowest BCUT2D eigenvalue weighted by Crippen LogP contribution is -2.46. The second-order valence-corrected chi connectivity index (χ2v) is 8.25. The van der Waals surface area contributed by atoms with Crippen molar-refractivity contribution in [3.05, 3.63) is 70.3 Å². The first-order chi connectivity index (χ1) is 16.0. The third kappa shape index (κ3) is 5.58. The van der Waals surface area contributed by atoms with Crippen molar-refractivity contribution < 1.29 is 14.3 Å². The summed E-state index contributed by atoms with van der Waals surface area (Å²) in [6.45, 7) is 1.22. The minimum Gasteiger partial charge on any atom is -0.497 e. The van der Waals surface area contributed by atoms with Crippen LogP contribution in [0.4, 0.5) is 0 Å². The van der Waals surface area contributed by atoms with Gasteiger partial charge in [0.2, 0.25) is 5.91 Å². The summed E-state index contributed by atoms with van der Waals surface area (Å²) >= 11 is 0. The molecule has 172 valence electrons. The van der Waals surface area contributed by atoms with Crippen molar-refractivity contribution in [3.63, 3.8) is 0 Å². The van der Waals surface area contributed by atoms with Crippen LogP contribution in [0.5, 0.6) is 5.75 Å². The van der Waals surface area contributed by atoms with Gasteiger partial charge in [-0.05, 0) is 55.7 Å². The second kappa shape index (κ2) is 10.3. The first-order valence-electron chi connectivity index (χ1n) is 11.2. The number of aromatic amines is 1. The van der Waals surface area contributed by atoms with Gasteiger partial charge in [0.05, 0.1) is 18.0 Å². The molecular formula is C25H28N4O4. The smallest absolute Gasteiger partial charge is 0.258 e. The standard InChI is InChI=1S/C25H28N4O4/c1-33-19-11-9-17(10-12-19)25(32)29-15-13-18(14-16-29)26-23(30)8-4-7-22-27-21-6-3-2-5-20(21)24(31)28-22/h2-3,5-6,9-12,18H,4,7-8,13-16H2,1H3,(H,26,30)(H,27,28,31). The molecule has 4 rings (SSSR count). The van der Waals surface area contributed by atoms with Gasteiger partial charge in [-0.2, -0.15) is 0 Å². The molecule has 1 aliphatic heterocycles. The fourth-order valence-corrected chi connectivity index (χ4v) is 4.11. The van der Waals surface area contributed by atoms with E-state index in [2.05, 4.69) is 15.3 Å². The molecule has 0 atom stereocenters. The number of hydrogen-bond acceptors (Lipinski definition) is 5. The molecule has 0 saturated carbocycles. The summed E-state index contributed by atoms with van der Waals surface area (Å²) in [7, 11) is 1.59. The first-order valence-corrected chi connectivity index (χ1v) is 11.2. The van der Waals surface area contributed by atoms with Gasteiger partial charge in [-0.3, -0.25) is 14.4 Å². The van der Waals surface area contributed by atoms with E-state index < -0.39 is 0 Å². The minimum atomic E-state index is -0.156. The molecule has 1 aliphatic rings. The number of H-pyrrole nitrogens is 1. The Hall–Kier alpha value is -3.68. The average molecular weight is 449 g/mol. The van der Waals surface area contributed by atoms with Gasteiger partial charge in [0, 0.05) is 37.5 Å². The summed E-state index contributed by atoms with van der Waals surface area (Å²) < 4.78 is 5.14. The molecule has 8 nitrogen and oxygen atoms in total. The number of nitrogens with one attached hydrogen (secondary N) is 2. The van der Waals surface area contributed by atoms with Crippen molar-refractivity contribution in [3.8, 4) is 5.75 Å². The van der Waals surface area contributed by atoms with Crippen LogP contribution in [0.3, 0.4) is 0 Å². The lowest BCUT2D eigenvalue weighted by Gasteiger charge is -2.32. The van der Waals surface area contributed by atoms with Crippen LogP contribution in [0.25, 0.3) is 10.9 Å². The maximum atomic E-state index is 12.7. The number of nitrogens with zero attached hydrogens (tertiary/aromatic N) is 2. The Morgan fingerprint density at radius 2 is 1.85 bits per heavy atom. The fraction of sp³-hybridized carbons (Fsp3) is 0.360. The van der Waals surface area contributed by atoms with Crippen LogP contribution in [0.1, 0.15) is 41.9 Å². The number of para-hydroxylation sites is 1. The van der Waals surface area contributed by atoms with Crippen molar-refractivity contribution in [1.82, 2.24) is 20.2 Å². The molecule has 1 aromatic heterocycles. The highest BCUT2D eigenvalue weighted by molar-refractivity contribution is 5.94. The van der Waals surface area contributed by atoms with Gasteiger partial charge in [0.15, 0.2) is 0 Å². The number of aryl methyl sites for hydroxylation is 1. The van der Waals surface area contributed by atoms with E-state index in [1.54, 1.807) is 37.4 Å². The van der Waals surface area contributed by atoms with Crippen molar-refractivity contribution >= 4 is 22.7 Å². The van der Waals surface area contributed by atoms with Gasteiger partial charge in [-0.25, -0.2) is 4.98 Å². The minimum absolute atomic E-state index is 0.000642. The Labute approximate surface area is 192 Å². The Kier molecular flexibility index (Phi) is 7.02. The van der Waals surface area contributed by atoms with E-state index in [0.29, 0.717) is 54.6 Å². The monoisotopic (exact) mass is 448 g/mol. The van der Waals surface area contributed by atoms with Gasteiger partial charge in [0.25, 0.3) is 11.5 Å². The quantitative estimate of drug-likeness (QED) is 0.578. The average Bonchev–Trinajstić information content (AvgIpc) is 2.84. The van der Waals surface area contributed by atoms with Crippen LogP contribution in [0.15, 0.2) is 53.3 Å². The molecule has 0 unspecified atom stereocenters. The van der Waals surface area contributed by atoms with Gasteiger partial charge < -0.3 is 19.9 Å². The van der Waals surface area contributed by atoms with Crippen LogP contribution in [-0.4, -0.2) is 52.9 Å². The summed E-state index contributed by atoms with van der Waals surface area (Å²) in [5.41, 5.74) is 1.14. The van der Waals surface area contributed by atoms with Gasteiger partial charge in [-0.1, -0.05) is 12.1 Å². The zero-order chi connectivity index (χ0) is 23.2. The summed E-state index contributed by atoms with van der Waals surface area (Å²) in [6.07, 6.45) is 2.95. The number of ether oxygens (including phenoxy) is 1. The van der Waals surface area contributed by atoms with Gasteiger partial charge in [-0.15, -0.1) is 0 Å². The molecule has 0 radical (unpaired) electrons. The zero-order valence-electron chi connectivity index (χ0n) is 18.7. The number of methoxy groups -OCH3 is 1. The summed E-state index contributed by atoms with van der Waals surface area (Å²) in [5, 5.41) is 3.64. The van der Waals surface area contributed by atoms with E-state index in [9.17, 15) is 14.4 Å². The molecule has 1 saturated heterocycles. The second-order valence-electron chi connectivity index (χ2n) is 8.25. The topological polar surface area (TPSA) is 104 Å². The molecule has 0 bridgehead atoms. The van der Waals surface area contributed by atoms with Crippen LogP contribution in [0, 0.1) is 0 Å². The zero-order valence-corrected chi connectivity index (χ0v) is 18.7. The first kappa shape index (κ1) is 22.5. The molecule has 2 amide bonds. The van der Waals surface area contributed by atoms with E-state index in [1.807, 2.05) is 23.1 Å². The van der Waals surface area contributed by atoms with Crippen LogP contribution in [0.2, 0.25) is 0 Å². The van der Waals surface area contributed by atoms with Crippen LogP contribution < -0.4 is 15.6 Å². The maximum absolute atomic E-state index is 12.7. The molecular weight excluding hydrogens is 420 g/mol. The normalized spacial score (nSPS) is 14.3. The number of benzene rings is 2. The van der Waals surface area contributed by atoms with E-state index in [-0.39, 0.29) is 23.4 Å². The van der Waals surface area contributed by atoms with E-state index in [4.69, 9.17) is 4.74 Å². The number of fused-ring (bicyclic) bond motifs is 1. The van der Waals surface area contributed by atoms with Crippen molar-refractivity contribution in [2.75, 3.05) is 20.2 Å². The van der Waals surface area contributed by atoms with Crippen LogP contribution in [-0.2, 0) is 11.2 Å². The van der Waals surface area contributed by atoms with Crippen LogP contribution >= 0.6 is 0 Å². The maximum Gasteiger partial charge on any atom is 0.258 e. The predicted molar refractivity (Wildman–Crippen MR) is 125 cm³/mol. The highest BCUT2D eigenvalue weighted by Gasteiger charge is 2.24. The Morgan fingerprint density at radius 3 is 2.58 bits per heavy atom. The largest absolute Gasteiger partial charge is 0.497 e. The number of carbonyl (C=O) groups excluding carboxylic acids is 2. The number of hydrogen-bond donors (Lipinski definition) is 2. The van der Waals surface area contributed by atoms with E-state index >= 15 is 0 Å². The molecule has 0 aliphatic carbocycles. The van der Waals surface area contributed by atoms with E-state index in [0.717, 1.165) is 18.6 Å². The number of piperidine rings is 1. The molecule has 8 heteroatoms. The third-order valence-corrected chi connectivity index (χ3v) is 5.96. The molecule has 1 fully saturated rings. The molecule has 2 aromatic carbocycles. The molecule has 2 N–H and O–H groups in total. The summed E-state index contributed by atoms with van der Waals surface area (Å²) in [5.74, 6) is 1.30. The fourth-order valence-electron chi connectivity index (χ4n) is 4.11. The number of aromatic nitrogens is 2. The number of carbonyl (C=O) groups is 2. The lowest BCUT2D eigenvalue weighted by atomic mass is 10.0. The van der Waals surface area contributed by atoms with Crippen molar-refractivity contribution in [2.24, 2.45) is 0 Å². The SMILES string of the molecule is COc1ccc(C(=O)N2CCC(NC(=O)CCCc3nc4ccccc4c(=O)[nH]3)CC2)cc1. The highest BCUT2D eigenvalue weighted by Crippen LogP contribution is 2.17. The Bertz CT molecular complexity index is 1180. The number of amides is 2. The number of likely N-dealkylation sites (tertiary alicyclic amines) is 1. The molecule has 2 heterocycles. The third-order valence-electron chi connectivity index (χ3n) is 5.96. The van der Waals surface area contributed by atoms with Crippen molar-refractivity contribution in [1.29, 1.82) is 0 Å². The Balaban J connectivity index is 1.21. The summed E-state index contributed by atoms with van der Waals surface area (Å²) in [6, 6.07) is 14.4. The predicted octanol–water partition coefficient (Wildman–Crippen LogP) is 2.68. The lowest BCUT2D eigenvalue weighted by molar-refractivity contribution is -0.122. The molecule has 3 aromatic rings. The highest BCUT2D eigenvalue weighted by atomic mass is 16.5. The van der Waals surface area contributed by atoms with Gasteiger partial charge >= 0.3 is 0 Å². The van der Waals surface area contributed by atoms with E-state index in [1.165, 1.54) is 0 Å². The summed E-state index contributed by atoms with van der Waals surface area (Å²) in [4.78, 5) is 46.3. The molecule has 33 heavy (non-hydrogen) atoms. The Morgan fingerprint density at radius 1 is 1.12 bits per heavy atom. The van der Waals surface area contributed by atoms with Gasteiger partial charge in [0.1, 0.15) is 11.6 Å². The van der Waals surface area contributed by atoms with Crippen molar-refractivity contribution in [2.45, 2.75) is 38.1 Å².